The lowest BCUT2D eigenvalue weighted by Crippen LogP contribution is -2.49. The largest absolute Gasteiger partial charge is 0.497 e. The fourth-order valence-electron chi connectivity index (χ4n) is 5.62. The molecular weight excluding hydrogens is 426 g/mol. The Hall–Kier alpha value is -1.89. The predicted octanol–water partition coefficient (Wildman–Crippen LogP) is 5.00. The maximum Gasteiger partial charge on any atom is 0.249 e. The number of aryl methyl sites for hydroxylation is 1. The number of aromatic nitrogens is 1. The summed E-state index contributed by atoms with van der Waals surface area (Å²) in [6, 6.07) is 5.81. The lowest BCUT2D eigenvalue weighted by molar-refractivity contribution is -0.143. The molecule has 1 aromatic heterocycles. The van der Waals surface area contributed by atoms with Crippen molar-refractivity contribution in [2.45, 2.75) is 57.8 Å². The highest BCUT2D eigenvalue weighted by Gasteiger charge is 2.41. The number of piperidine rings is 1. The Morgan fingerprint density at radius 2 is 2.06 bits per heavy atom. The molecule has 2 fully saturated rings. The van der Waals surface area contributed by atoms with Crippen LogP contribution in [0.4, 0.5) is 0 Å². The number of carbonyl (C=O) groups excluding carboxylic acids is 1. The van der Waals surface area contributed by atoms with Gasteiger partial charge in [-0.15, -0.1) is 0 Å². The number of likely N-dealkylation sites (tertiary alicyclic amines) is 1. The molecule has 1 aromatic carbocycles. The maximum atomic E-state index is 12.7. The Balaban J connectivity index is 1.43. The molecule has 0 atom stereocenters. The summed E-state index contributed by atoms with van der Waals surface area (Å²) in [6.45, 7) is 2.98. The van der Waals surface area contributed by atoms with E-state index in [0.717, 1.165) is 79.9 Å². The van der Waals surface area contributed by atoms with Crippen LogP contribution in [0.15, 0.2) is 24.4 Å². The molecule has 1 aliphatic carbocycles. The topological polar surface area (TPSA) is 74.7 Å². The van der Waals surface area contributed by atoms with Crippen LogP contribution in [0.25, 0.3) is 10.9 Å². The van der Waals surface area contributed by atoms with Crippen molar-refractivity contribution in [2.24, 2.45) is 11.3 Å². The number of carbonyl (C=O) groups is 1. The minimum atomic E-state index is -0.520. The number of benzene rings is 1. The summed E-state index contributed by atoms with van der Waals surface area (Å²) < 4.78 is 5.38. The molecule has 2 aromatic rings. The molecule has 1 saturated heterocycles. The first-order valence-electron chi connectivity index (χ1n) is 11.8. The van der Waals surface area contributed by atoms with Gasteiger partial charge in [0.05, 0.1) is 23.1 Å². The van der Waals surface area contributed by atoms with E-state index in [1.54, 1.807) is 13.3 Å². The second kappa shape index (κ2) is 10.4. The molecule has 2 heterocycles. The van der Waals surface area contributed by atoms with Gasteiger partial charge in [-0.25, -0.2) is 5.48 Å². The van der Waals surface area contributed by atoms with Crippen LogP contribution in [0.5, 0.6) is 5.75 Å². The van der Waals surface area contributed by atoms with E-state index in [2.05, 4.69) is 9.88 Å². The minimum absolute atomic E-state index is 0.245. The van der Waals surface area contributed by atoms with E-state index in [1.165, 1.54) is 25.7 Å². The first-order valence-corrected chi connectivity index (χ1v) is 12.2. The highest BCUT2D eigenvalue weighted by molar-refractivity contribution is 6.32. The van der Waals surface area contributed by atoms with Crippen LogP contribution in [-0.2, 0) is 11.2 Å². The molecule has 4 rings (SSSR count). The average Bonchev–Trinajstić information content (AvgIpc) is 3.34. The third-order valence-corrected chi connectivity index (χ3v) is 7.93. The summed E-state index contributed by atoms with van der Waals surface area (Å²) >= 11 is 6.52. The van der Waals surface area contributed by atoms with Crippen LogP contribution in [-0.4, -0.2) is 47.7 Å². The predicted molar refractivity (Wildman–Crippen MR) is 126 cm³/mol. The number of pyridine rings is 1. The van der Waals surface area contributed by atoms with Gasteiger partial charge in [0.15, 0.2) is 0 Å². The molecule has 174 valence electrons. The summed E-state index contributed by atoms with van der Waals surface area (Å²) in [4.78, 5) is 19.7. The number of ether oxygens (including phenoxy) is 1. The van der Waals surface area contributed by atoms with Crippen molar-refractivity contribution in [1.82, 2.24) is 15.4 Å². The molecular formula is C25H34ClN3O3. The number of amides is 1. The zero-order valence-electron chi connectivity index (χ0n) is 18.9. The van der Waals surface area contributed by atoms with E-state index in [0.29, 0.717) is 5.02 Å². The van der Waals surface area contributed by atoms with Gasteiger partial charge in [-0.3, -0.25) is 15.0 Å². The lowest BCUT2D eigenvalue weighted by Gasteiger charge is -2.41. The normalized spacial score (nSPS) is 19.3. The molecule has 1 aliphatic heterocycles. The number of fused-ring (bicyclic) bond motifs is 1. The third kappa shape index (κ3) is 5.03. The highest BCUT2D eigenvalue weighted by Crippen LogP contribution is 2.39. The standard InChI is InChI=1S/C25H34ClN3O3/c1-32-19-8-9-23-21(15-19)20(22(26)16-27-23)7-4-10-25(24(30)28-31)11-13-29(14-12-25)17-18-5-2-3-6-18/h8-9,15-16,18,31H,2-7,10-14,17H2,1H3,(H,28,30). The lowest BCUT2D eigenvalue weighted by atomic mass is 9.73. The van der Waals surface area contributed by atoms with Crippen molar-refractivity contribution in [3.8, 4) is 5.75 Å². The number of rotatable bonds is 8. The van der Waals surface area contributed by atoms with Crippen LogP contribution in [0.2, 0.25) is 5.02 Å². The summed E-state index contributed by atoms with van der Waals surface area (Å²) in [6.07, 6.45) is 10.9. The fourth-order valence-corrected chi connectivity index (χ4v) is 5.86. The van der Waals surface area contributed by atoms with E-state index in [4.69, 9.17) is 16.3 Å². The molecule has 0 bridgehead atoms. The number of hydrogen-bond donors (Lipinski definition) is 2. The van der Waals surface area contributed by atoms with Crippen LogP contribution < -0.4 is 10.2 Å². The van der Waals surface area contributed by atoms with E-state index >= 15 is 0 Å². The molecule has 32 heavy (non-hydrogen) atoms. The Morgan fingerprint density at radius 1 is 1.31 bits per heavy atom. The zero-order chi connectivity index (χ0) is 22.6. The fraction of sp³-hybridized carbons (Fsp3) is 0.600. The zero-order valence-corrected chi connectivity index (χ0v) is 19.7. The van der Waals surface area contributed by atoms with E-state index in [1.807, 2.05) is 23.7 Å². The molecule has 6 nitrogen and oxygen atoms in total. The summed E-state index contributed by atoms with van der Waals surface area (Å²) in [5.74, 6) is 1.34. The van der Waals surface area contributed by atoms with Crippen LogP contribution >= 0.6 is 11.6 Å². The number of methoxy groups -OCH3 is 1. The SMILES string of the molecule is COc1ccc2ncc(Cl)c(CCCC3(C(=O)NO)CCN(CC4CCCC4)CC3)c2c1. The molecule has 7 heteroatoms. The smallest absolute Gasteiger partial charge is 0.249 e. The average molecular weight is 460 g/mol. The number of nitrogens with zero attached hydrogens (tertiary/aromatic N) is 2. The van der Waals surface area contributed by atoms with Gasteiger partial charge in [-0.2, -0.15) is 0 Å². The number of halogens is 1. The molecule has 1 saturated carbocycles. The Labute approximate surface area is 195 Å². The molecule has 0 spiro atoms. The van der Waals surface area contributed by atoms with Crippen molar-refractivity contribution in [1.29, 1.82) is 0 Å². The molecule has 2 N–H and O–H groups in total. The van der Waals surface area contributed by atoms with Gasteiger partial charge in [-0.1, -0.05) is 24.4 Å². The van der Waals surface area contributed by atoms with E-state index in [9.17, 15) is 10.0 Å². The van der Waals surface area contributed by atoms with Crippen molar-refractivity contribution < 1.29 is 14.7 Å². The van der Waals surface area contributed by atoms with Gasteiger partial charge in [0.1, 0.15) is 5.75 Å². The number of nitrogens with one attached hydrogen (secondary N) is 1. The van der Waals surface area contributed by atoms with Gasteiger partial charge >= 0.3 is 0 Å². The summed E-state index contributed by atoms with van der Waals surface area (Å²) in [5, 5.41) is 11.1. The van der Waals surface area contributed by atoms with Crippen molar-refractivity contribution in [3.05, 3.63) is 35.0 Å². The van der Waals surface area contributed by atoms with Crippen molar-refractivity contribution >= 4 is 28.4 Å². The van der Waals surface area contributed by atoms with Gasteiger partial charge in [0.25, 0.3) is 0 Å². The monoisotopic (exact) mass is 459 g/mol. The van der Waals surface area contributed by atoms with E-state index in [-0.39, 0.29) is 5.91 Å². The van der Waals surface area contributed by atoms with Crippen LogP contribution in [0.1, 0.15) is 56.9 Å². The van der Waals surface area contributed by atoms with Crippen molar-refractivity contribution in [2.75, 3.05) is 26.7 Å². The van der Waals surface area contributed by atoms with Gasteiger partial charge in [0, 0.05) is 18.1 Å². The summed E-state index contributed by atoms with van der Waals surface area (Å²) in [7, 11) is 1.65. The second-order valence-corrected chi connectivity index (χ2v) is 9.90. The molecule has 0 unspecified atom stereocenters. The second-order valence-electron chi connectivity index (χ2n) is 9.49. The van der Waals surface area contributed by atoms with Gasteiger partial charge in [-0.05, 0) is 87.7 Å². The highest BCUT2D eigenvalue weighted by atomic mass is 35.5. The van der Waals surface area contributed by atoms with Crippen LogP contribution in [0, 0.1) is 11.3 Å². The Morgan fingerprint density at radius 3 is 2.75 bits per heavy atom. The van der Waals surface area contributed by atoms with Gasteiger partial charge in [0.2, 0.25) is 5.91 Å². The first-order chi connectivity index (χ1) is 15.5. The Kier molecular flexibility index (Phi) is 7.54. The third-order valence-electron chi connectivity index (χ3n) is 7.60. The van der Waals surface area contributed by atoms with Gasteiger partial charge < -0.3 is 9.64 Å². The molecule has 2 aliphatic rings. The first kappa shape index (κ1) is 23.3. The Bertz CT molecular complexity index is 937. The maximum absolute atomic E-state index is 12.7. The quantitative estimate of drug-likeness (QED) is 0.429. The van der Waals surface area contributed by atoms with Crippen molar-refractivity contribution in [3.63, 3.8) is 0 Å². The van der Waals surface area contributed by atoms with E-state index < -0.39 is 5.41 Å². The van der Waals surface area contributed by atoms with Crippen LogP contribution in [0.3, 0.4) is 0 Å². The number of hydroxylamine groups is 1. The minimum Gasteiger partial charge on any atom is -0.497 e. The molecule has 1 amide bonds. The molecule has 0 radical (unpaired) electrons. The number of hydrogen-bond acceptors (Lipinski definition) is 5. The summed E-state index contributed by atoms with van der Waals surface area (Å²) in [5.41, 5.74) is 3.36.